The molecule has 0 bridgehead atoms. The molecule has 124 valence electrons. The molecule has 0 aliphatic carbocycles. The van der Waals surface area contributed by atoms with E-state index in [4.69, 9.17) is 0 Å². The van der Waals surface area contributed by atoms with Crippen LogP contribution < -0.4 is 0 Å². The Kier molecular flexibility index (Phi) is 4.09. The molecule has 0 aliphatic heterocycles. The molecule has 4 heteroatoms. The van der Waals surface area contributed by atoms with E-state index in [-0.39, 0.29) is 0 Å². The Bertz CT molecular complexity index is 969. The standard InChI is InChI=1S/C21H20N4/c1-22-14-19-21(24-23-19)20-8-5-13-25(20)15-16-9-11-18(12-10-16)17-6-3-2-4-7-17/h2-14,23-24H,15H2,1H3. The van der Waals surface area contributed by atoms with E-state index in [0.717, 1.165) is 23.6 Å². The minimum atomic E-state index is 0.832. The SMILES string of the molecule is CN=Cc1[nH][nH]c1-c1cccn1Cc1ccc(-c2ccccc2)cc1. The highest BCUT2D eigenvalue weighted by molar-refractivity contribution is 5.86. The van der Waals surface area contributed by atoms with Crippen LogP contribution in [0.2, 0.25) is 0 Å². The second-order valence-corrected chi connectivity index (χ2v) is 6.01. The maximum absolute atomic E-state index is 4.08. The van der Waals surface area contributed by atoms with Crippen molar-refractivity contribution < 1.29 is 0 Å². The highest BCUT2D eigenvalue weighted by Crippen LogP contribution is 2.24. The van der Waals surface area contributed by atoms with Gasteiger partial charge in [0.25, 0.3) is 0 Å². The third-order valence-corrected chi connectivity index (χ3v) is 4.35. The number of aliphatic imine (C=N–C) groups is 1. The molecule has 0 fully saturated rings. The first-order chi connectivity index (χ1) is 12.3. The van der Waals surface area contributed by atoms with Crippen LogP contribution in [0.25, 0.3) is 22.5 Å². The van der Waals surface area contributed by atoms with Crippen LogP contribution in [-0.2, 0) is 6.54 Å². The fraction of sp³-hybridized carbons (Fsp3) is 0.0952. The lowest BCUT2D eigenvalue weighted by atomic mass is 10.0. The summed E-state index contributed by atoms with van der Waals surface area (Å²) in [7, 11) is 1.78. The van der Waals surface area contributed by atoms with Gasteiger partial charge in [0.15, 0.2) is 0 Å². The van der Waals surface area contributed by atoms with Gasteiger partial charge in [0.1, 0.15) is 5.69 Å². The summed E-state index contributed by atoms with van der Waals surface area (Å²) >= 11 is 0. The number of nitrogens with one attached hydrogen (secondary N) is 2. The number of aromatic nitrogens is 3. The van der Waals surface area contributed by atoms with Gasteiger partial charge in [-0.3, -0.25) is 15.2 Å². The molecule has 0 aliphatic rings. The summed E-state index contributed by atoms with van der Waals surface area (Å²) in [6.07, 6.45) is 3.94. The molecular formula is C21H20N4. The van der Waals surface area contributed by atoms with E-state index < -0.39 is 0 Å². The third kappa shape index (κ3) is 3.06. The molecule has 2 aromatic carbocycles. The van der Waals surface area contributed by atoms with Crippen molar-refractivity contribution >= 4 is 6.21 Å². The van der Waals surface area contributed by atoms with Crippen molar-refractivity contribution in [1.29, 1.82) is 0 Å². The summed E-state index contributed by atoms with van der Waals surface area (Å²) in [5, 5.41) is 6.23. The summed E-state index contributed by atoms with van der Waals surface area (Å²) in [6, 6.07) is 23.4. The van der Waals surface area contributed by atoms with Crippen LogP contribution in [0.3, 0.4) is 0 Å². The molecule has 0 radical (unpaired) electrons. The second kappa shape index (κ2) is 6.69. The van der Waals surface area contributed by atoms with E-state index in [1.54, 1.807) is 7.05 Å². The van der Waals surface area contributed by atoms with E-state index in [1.165, 1.54) is 16.7 Å². The maximum atomic E-state index is 4.08. The zero-order valence-electron chi connectivity index (χ0n) is 14.1. The number of nitrogens with zero attached hydrogens (tertiary/aromatic N) is 2. The lowest BCUT2D eigenvalue weighted by molar-refractivity contribution is 0.800. The van der Waals surface area contributed by atoms with Crippen LogP contribution in [0.1, 0.15) is 11.3 Å². The molecule has 0 spiro atoms. The van der Waals surface area contributed by atoms with Crippen LogP contribution in [0.4, 0.5) is 0 Å². The predicted octanol–water partition coefficient (Wildman–Crippen LogP) is 4.58. The van der Waals surface area contributed by atoms with Crippen LogP contribution in [0.5, 0.6) is 0 Å². The van der Waals surface area contributed by atoms with Crippen molar-refractivity contribution in [3.8, 4) is 22.5 Å². The second-order valence-electron chi connectivity index (χ2n) is 6.01. The van der Waals surface area contributed by atoms with Gasteiger partial charge in [-0.1, -0.05) is 54.6 Å². The van der Waals surface area contributed by atoms with E-state index in [9.17, 15) is 0 Å². The van der Waals surface area contributed by atoms with Crippen molar-refractivity contribution in [1.82, 2.24) is 14.8 Å². The number of H-pyrrole nitrogens is 2. The highest BCUT2D eigenvalue weighted by atomic mass is 15.2. The van der Waals surface area contributed by atoms with Gasteiger partial charge in [0.05, 0.1) is 11.4 Å². The Morgan fingerprint density at radius 2 is 1.64 bits per heavy atom. The Hall–Kier alpha value is -3.27. The smallest absolute Gasteiger partial charge is 0.104 e. The largest absolute Gasteiger partial charge is 0.342 e. The van der Waals surface area contributed by atoms with Crippen LogP contribution in [0.15, 0.2) is 77.9 Å². The first-order valence-corrected chi connectivity index (χ1v) is 8.33. The minimum absolute atomic E-state index is 0.832. The number of hydrogen-bond acceptors (Lipinski definition) is 1. The molecule has 0 atom stereocenters. The fourth-order valence-corrected chi connectivity index (χ4v) is 3.03. The van der Waals surface area contributed by atoms with Crippen molar-refractivity contribution in [2.24, 2.45) is 4.99 Å². The Labute approximate surface area is 146 Å². The van der Waals surface area contributed by atoms with Crippen molar-refractivity contribution in [2.75, 3.05) is 7.05 Å². The Morgan fingerprint density at radius 1 is 0.880 bits per heavy atom. The van der Waals surface area contributed by atoms with Crippen molar-refractivity contribution in [2.45, 2.75) is 6.54 Å². The third-order valence-electron chi connectivity index (χ3n) is 4.35. The van der Waals surface area contributed by atoms with Gasteiger partial charge in [0, 0.05) is 26.0 Å². The van der Waals surface area contributed by atoms with Gasteiger partial charge in [-0.25, -0.2) is 0 Å². The molecule has 0 saturated heterocycles. The lowest BCUT2D eigenvalue weighted by Gasteiger charge is -2.14. The van der Waals surface area contributed by atoms with E-state index in [1.807, 2.05) is 12.3 Å². The predicted molar refractivity (Wildman–Crippen MR) is 103 cm³/mol. The molecule has 4 nitrogen and oxygen atoms in total. The first-order valence-electron chi connectivity index (χ1n) is 8.33. The van der Waals surface area contributed by atoms with E-state index >= 15 is 0 Å². The average molecular weight is 328 g/mol. The fourth-order valence-electron chi connectivity index (χ4n) is 3.03. The Morgan fingerprint density at radius 3 is 2.32 bits per heavy atom. The number of benzene rings is 2. The van der Waals surface area contributed by atoms with Gasteiger partial charge < -0.3 is 4.57 Å². The minimum Gasteiger partial charge on any atom is -0.342 e. The summed E-state index contributed by atoms with van der Waals surface area (Å²) in [4.78, 5) is 4.08. The molecule has 0 saturated carbocycles. The van der Waals surface area contributed by atoms with Crippen molar-refractivity contribution in [3.05, 3.63) is 84.2 Å². The van der Waals surface area contributed by atoms with Crippen LogP contribution >= 0.6 is 0 Å². The van der Waals surface area contributed by atoms with Gasteiger partial charge in [0.2, 0.25) is 0 Å². The molecular weight excluding hydrogens is 308 g/mol. The molecule has 4 rings (SSSR count). The maximum Gasteiger partial charge on any atom is 0.104 e. The monoisotopic (exact) mass is 328 g/mol. The molecule has 25 heavy (non-hydrogen) atoms. The zero-order valence-corrected chi connectivity index (χ0v) is 14.1. The molecule has 4 aromatic rings. The molecule has 2 heterocycles. The van der Waals surface area contributed by atoms with E-state index in [2.05, 4.69) is 86.6 Å². The Balaban J connectivity index is 1.56. The van der Waals surface area contributed by atoms with Crippen LogP contribution in [-0.4, -0.2) is 28.0 Å². The van der Waals surface area contributed by atoms with Gasteiger partial charge >= 0.3 is 0 Å². The summed E-state index contributed by atoms with van der Waals surface area (Å²) in [6.45, 7) is 0.832. The highest BCUT2D eigenvalue weighted by Gasteiger charge is 2.12. The van der Waals surface area contributed by atoms with E-state index in [0.29, 0.717) is 0 Å². The molecule has 0 unspecified atom stereocenters. The molecule has 0 amide bonds. The first kappa shape index (κ1) is 15.3. The lowest BCUT2D eigenvalue weighted by Crippen LogP contribution is -2.08. The molecule has 2 aromatic heterocycles. The number of aromatic amines is 2. The summed E-state index contributed by atoms with van der Waals surface area (Å²) in [5.41, 5.74) is 7.01. The normalized spacial score (nSPS) is 11.4. The van der Waals surface area contributed by atoms with Gasteiger partial charge in [-0.2, -0.15) is 0 Å². The van der Waals surface area contributed by atoms with Crippen LogP contribution in [0, 0.1) is 0 Å². The quantitative estimate of drug-likeness (QED) is 0.504. The number of hydrogen-bond donors (Lipinski definition) is 2. The average Bonchev–Trinajstić information content (AvgIpc) is 3.07. The zero-order chi connectivity index (χ0) is 17.1. The van der Waals surface area contributed by atoms with Crippen molar-refractivity contribution in [3.63, 3.8) is 0 Å². The summed E-state index contributed by atoms with van der Waals surface area (Å²) < 4.78 is 2.24. The molecule has 2 N–H and O–H groups in total. The topological polar surface area (TPSA) is 48.9 Å². The number of rotatable bonds is 5. The van der Waals surface area contributed by atoms with Gasteiger partial charge in [-0.05, 0) is 28.8 Å². The van der Waals surface area contributed by atoms with Gasteiger partial charge in [-0.15, -0.1) is 0 Å². The summed E-state index contributed by atoms with van der Waals surface area (Å²) in [5.74, 6) is 0.